The molecule has 3 aromatic rings. The van der Waals surface area contributed by atoms with Gasteiger partial charge in [0.2, 0.25) is 6.29 Å². The minimum atomic E-state index is -0.834. The number of rotatable bonds is 11. The normalized spacial score (nSPS) is 15.2. The van der Waals surface area contributed by atoms with Crippen molar-refractivity contribution in [3.05, 3.63) is 65.5 Å². The van der Waals surface area contributed by atoms with Gasteiger partial charge in [0.25, 0.3) is 5.91 Å². The Balaban J connectivity index is 1.74. The van der Waals surface area contributed by atoms with Gasteiger partial charge < -0.3 is 34.9 Å². The van der Waals surface area contributed by atoms with Crippen LogP contribution in [0.2, 0.25) is 0 Å². The van der Waals surface area contributed by atoms with Crippen LogP contribution in [0, 0.1) is 18.7 Å². The number of carbonyl (C=O) groups is 2. The van der Waals surface area contributed by atoms with E-state index in [1.165, 1.54) is 12.1 Å². The van der Waals surface area contributed by atoms with E-state index in [0.717, 1.165) is 22.4 Å². The summed E-state index contributed by atoms with van der Waals surface area (Å²) in [5.41, 5.74) is 9.52. The molecule has 1 aliphatic heterocycles. The first-order valence-electron chi connectivity index (χ1n) is 14.7. The summed E-state index contributed by atoms with van der Waals surface area (Å²) >= 11 is 0. The molecule has 0 unspecified atom stereocenters. The lowest BCUT2D eigenvalue weighted by molar-refractivity contribution is -0.166. The molecule has 3 aromatic carbocycles. The van der Waals surface area contributed by atoms with Gasteiger partial charge in [-0.15, -0.1) is 0 Å². The monoisotopic (exact) mass is 607 g/mol. The molecule has 0 radical (unpaired) electrons. The molecule has 44 heavy (non-hydrogen) atoms. The molecule has 1 heterocycles. The van der Waals surface area contributed by atoms with E-state index in [1.54, 1.807) is 37.3 Å². The zero-order valence-corrected chi connectivity index (χ0v) is 26.6. The third-order valence-electron chi connectivity index (χ3n) is 7.73. The van der Waals surface area contributed by atoms with Crippen molar-refractivity contribution in [2.24, 2.45) is 11.7 Å². The van der Waals surface area contributed by atoms with Crippen molar-refractivity contribution < 1.29 is 32.9 Å². The van der Waals surface area contributed by atoms with E-state index >= 15 is 0 Å². The molecule has 0 fully saturated rings. The Morgan fingerprint density at radius 2 is 1.77 bits per heavy atom. The summed E-state index contributed by atoms with van der Waals surface area (Å²) < 4.78 is 37.6. The summed E-state index contributed by atoms with van der Waals surface area (Å²) in [7, 11) is 3.28. The van der Waals surface area contributed by atoms with Crippen LogP contribution in [0.25, 0.3) is 11.1 Å². The van der Waals surface area contributed by atoms with E-state index in [1.807, 2.05) is 59.7 Å². The number of carbonyl (C=O) groups excluding carboxylic acids is 2. The molecule has 0 saturated heterocycles. The van der Waals surface area contributed by atoms with E-state index in [9.17, 15) is 14.0 Å². The number of likely N-dealkylation sites (N-methyl/N-ethyl adjacent to an activating group) is 1. The molecule has 236 valence electrons. The van der Waals surface area contributed by atoms with Gasteiger partial charge in [0, 0.05) is 36.7 Å². The highest BCUT2D eigenvalue weighted by molar-refractivity contribution is 6.08. The van der Waals surface area contributed by atoms with Crippen LogP contribution in [-0.4, -0.2) is 43.9 Å². The third kappa shape index (κ3) is 6.75. The van der Waals surface area contributed by atoms with Gasteiger partial charge in [-0.3, -0.25) is 9.59 Å². The predicted octanol–water partition coefficient (Wildman–Crippen LogP) is 6.20. The van der Waals surface area contributed by atoms with Crippen molar-refractivity contribution in [2.45, 2.75) is 72.4 Å². The molecule has 9 nitrogen and oxygen atoms in total. The van der Waals surface area contributed by atoms with E-state index < -0.39 is 29.7 Å². The number of esters is 1. The summed E-state index contributed by atoms with van der Waals surface area (Å²) in [6, 6.07) is 12.8. The second kappa shape index (κ2) is 13.1. The number of fused-ring (bicyclic) bond motifs is 1. The number of ether oxygens (including phenoxy) is 4. The molecule has 2 atom stereocenters. The van der Waals surface area contributed by atoms with Crippen molar-refractivity contribution in [2.75, 3.05) is 24.4 Å². The van der Waals surface area contributed by atoms with Gasteiger partial charge in [-0.1, -0.05) is 32.9 Å². The maximum atomic E-state index is 14.1. The highest BCUT2D eigenvalue weighted by Gasteiger charge is 2.39. The lowest BCUT2D eigenvalue weighted by Gasteiger charge is -2.39. The second-order valence-electron chi connectivity index (χ2n) is 11.8. The molecule has 0 spiro atoms. The number of hydrogen-bond acceptors (Lipinski definition) is 8. The predicted molar refractivity (Wildman–Crippen MR) is 169 cm³/mol. The fourth-order valence-corrected chi connectivity index (χ4v) is 5.10. The van der Waals surface area contributed by atoms with Gasteiger partial charge in [-0.25, -0.2) is 4.39 Å². The highest BCUT2D eigenvalue weighted by atomic mass is 19.1. The first-order chi connectivity index (χ1) is 20.8. The maximum Gasteiger partial charge on any atom is 0.326 e. The van der Waals surface area contributed by atoms with Crippen molar-refractivity contribution in [1.82, 2.24) is 0 Å². The number of aryl methyl sites for hydroxylation is 1. The number of methoxy groups -OCH3 is 1. The lowest BCUT2D eigenvalue weighted by Crippen LogP contribution is -2.52. The molecule has 1 aliphatic rings. The molecule has 0 saturated carbocycles. The highest BCUT2D eigenvalue weighted by Crippen LogP contribution is 2.45. The van der Waals surface area contributed by atoms with Crippen LogP contribution in [0.4, 0.5) is 15.8 Å². The summed E-state index contributed by atoms with van der Waals surface area (Å²) in [4.78, 5) is 27.4. The van der Waals surface area contributed by atoms with Gasteiger partial charge in [0.1, 0.15) is 41.3 Å². The van der Waals surface area contributed by atoms with Crippen molar-refractivity contribution in [3.8, 4) is 28.4 Å². The van der Waals surface area contributed by atoms with Gasteiger partial charge >= 0.3 is 5.97 Å². The fourth-order valence-electron chi connectivity index (χ4n) is 5.10. The molecule has 1 amide bonds. The Morgan fingerprint density at radius 1 is 1.07 bits per heavy atom. The number of nitrogens with one attached hydrogen (secondary N) is 1. The van der Waals surface area contributed by atoms with Crippen molar-refractivity contribution in [3.63, 3.8) is 0 Å². The maximum absolute atomic E-state index is 14.1. The standard InChI is InChI=1S/C34H42FN3O6/c1-9-29(44-32(39)30(36)19(2)3)43-22-12-13-24(28(17-22)41-8)23-14-15-26-31(38(7)33(40)34(5,6)37-26)25(23)18-42-27-16-21(35)11-10-20(27)4/h10-17,19,29-30,37H,9,18,36H2,1-8H3/t29-,30-/m0/s1. The Hall–Kier alpha value is -4.31. The molecule has 0 bridgehead atoms. The minimum Gasteiger partial charge on any atom is -0.496 e. The Bertz CT molecular complexity index is 1540. The van der Waals surface area contributed by atoms with Crippen LogP contribution in [0.1, 0.15) is 52.2 Å². The summed E-state index contributed by atoms with van der Waals surface area (Å²) in [5.74, 6) is 0.205. The Kier molecular flexibility index (Phi) is 9.73. The molecular formula is C34H42FN3O6. The lowest BCUT2D eigenvalue weighted by atomic mass is 9.91. The summed E-state index contributed by atoms with van der Waals surface area (Å²) in [5, 5.41) is 3.34. The summed E-state index contributed by atoms with van der Waals surface area (Å²) in [6.07, 6.45) is -0.421. The number of nitrogens with zero attached hydrogens (tertiary/aromatic N) is 1. The minimum absolute atomic E-state index is 0.0495. The molecule has 0 aromatic heterocycles. The van der Waals surface area contributed by atoms with E-state index in [4.69, 9.17) is 24.7 Å². The Morgan fingerprint density at radius 3 is 2.43 bits per heavy atom. The van der Waals surface area contributed by atoms with Crippen LogP contribution < -0.4 is 30.2 Å². The smallest absolute Gasteiger partial charge is 0.326 e. The molecule has 3 N–H and O–H groups in total. The van der Waals surface area contributed by atoms with Crippen molar-refractivity contribution >= 4 is 23.3 Å². The first kappa shape index (κ1) is 32.6. The van der Waals surface area contributed by atoms with Gasteiger partial charge in [-0.05, 0) is 62.1 Å². The van der Waals surface area contributed by atoms with Crippen LogP contribution in [-0.2, 0) is 20.9 Å². The summed E-state index contributed by atoms with van der Waals surface area (Å²) in [6.45, 7) is 11.1. The number of nitrogens with two attached hydrogens (primary N) is 1. The van der Waals surface area contributed by atoms with Gasteiger partial charge in [0.15, 0.2) is 0 Å². The van der Waals surface area contributed by atoms with Crippen LogP contribution in [0.15, 0.2) is 48.5 Å². The zero-order chi connectivity index (χ0) is 32.3. The molecular weight excluding hydrogens is 565 g/mol. The fraction of sp³-hybridized carbons (Fsp3) is 0.412. The van der Waals surface area contributed by atoms with Gasteiger partial charge in [0.05, 0.1) is 18.5 Å². The quantitative estimate of drug-likeness (QED) is 0.196. The largest absolute Gasteiger partial charge is 0.496 e. The van der Waals surface area contributed by atoms with E-state index in [0.29, 0.717) is 34.9 Å². The Labute approximate surface area is 258 Å². The molecule has 4 rings (SSSR count). The third-order valence-corrected chi connectivity index (χ3v) is 7.73. The van der Waals surface area contributed by atoms with Crippen LogP contribution in [0.3, 0.4) is 0 Å². The molecule has 10 heteroatoms. The van der Waals surface area contributed by atoms with Gasteiger partial charge in [-0.2, -0.15) is 0 Å². The topological polar surface area (TPSA) is 112 Å². The second-order valence-corrected chi connectivity index (χ2v) is 11.8. The number of halogens is 1. The SMILES string of the molecule is CC[C@H](OC(=O)[C@@H](N)C(C)C)Oc1ccc(-c2ccc3c(c2COc2cc(F)ccc2C)N(C)C(=O)C(C)(C)N3)c(OC)c1. The first-order valence-corrected chi connectivity index (χ1v) is 14.7. The number of amides is 1. The molecule has 0 aliphatic carbocycles. The number of hydrogen-bond donors (Lipinski definition) is 2. The average molecular weight is 608 g/mol. The van der Waals surface area contributed by atoms with E-state index in [2.05, 4.69) is 5.32 Å². The van der Waals surface area contributed by atoms with Crippen LogP contribution >= 0.6 is 0 Å². The average Bonchev–Trinajstić information content (AvgIpc) is 2.99. The van der Waals surface area contributed by atoms with Crippen LogP contribution in [0.5, 0.6) is 17.2 Å². The zero-order valence-electron chi connectivity index (χ0n) is 26.6. The van der Waals surface area contributed by atoms with E-state index in [-0.39, 0.29) is 18.4 Å². The number of benzene rings is 3. The van der Waals surface area contributed by atoms with Crippen molar-refractivity contribution in [1.29, 1.82) is 0 Å². The number of anilines is 2.